The van der Waals surface area contributed by atoms with Crippen LogP contribution in [0.4, 0.5) is 5.69 Å². The number of rotatable bonds is 5. The van der Waals surface area contributed by atoms with E-state index in [1.807, 2.05) is 0 Å². The number of carboxylic acid groups (broad SMARTS) is 1. The Labute approximate surface area is 111 Å². The monoisotopic (exact) mass is 266 g/mol. The van der Waals surface area contributed by atoms with Crippen molar-refractivity contribution in [1.29, 1.82) is 0 Å². The minimum Gasteiger partial charge on any atom is -0.478 e. The quantitative estimate of drug-likeness (QED) is 0.426. The highest BCUT2D eigenvalue weighted by Gasteiger charge is 2.25. The second-order valence-corrected chi connectivity index (χ2v) is 5.01. The average molecular weight is 266 g/mol. The smallest absolute Gasteiger partial charge is 0.338 e. The molecule has 19 heavy (non-hydrogen) atoms. The van der Waals surface area contributed by atoms with Crippen LogP contribution < -0.4 is 11.1 Å². The first-order chi connectivity index (χ1) is 8.76. The molecule has 1 amide bonds. The van der Waals surface area contributed by atoms with Crippen LogP contribution in [0, 0.1) is 0 Å². The lowest BCUT2D eigenvalue weighted by Gasteiger charge is -2.28. The van der Waals surface area contributed by atoms with Crippen molar-refractivity contribution >= 4 is 18.1 Å². The van der Waals surface area contributed by atoms with Gasteiger partial charge in [-0.2, -0.15) is 0 Å². The van der Waals surface area contributed by atoms with Gasteiger partial charge in [0.05, 0.1) is 11.2 Å². The lowest BCUT2D eigenvalue weighted by atomic mass is 10.0. The first-order valence-corrected chi connectivity index (χ1v) is 5.75. The molecule has 0 bridgehead atoms. The summed E-state index contributed by atoms with van der Waals surface area (Å²) in [4.78, 5) is 21.9. The van der Waals surface area contributed by atoms with E-state index in [0.717, 1.165) is 0 Å². The van der Waals surface area contributed by atoms with Gasteiger partial charge < -0.3 is 20.9 Å². The molecule has 6 nitrogen and oxygen atoms in total. The maximum absolute atomic E-state index is 11.3. The van der Waals surface area contributed by atoms with Crippen LogP contribution in [-0.2, 0) is 9.53 Å². The van der Waals surface area contributed by atoms with Gasteiger partial charge >= 0.3 is 5.97 Å². The van der Waals surface area contributed by atoms with E-state index >= 15 is 0 Å². The number of carbonyl (C=O) groups is 2. The molecule has 1 aromatic carbocycles. The first kappa shape index (κ1) is 15.0. The zero-order chi connectivity index (χ0) is 14.6. The number of amides is 1. The van der Waals surface area contributed by atoms with Crippen molar-refractivity contribution in [3.8, 4) is 0 Å². The maximum atomic E-state index is 11.3. The molecule has 1 aromatic rings. The van der Waals surface area contributed by atoms with E-state index in [1.165, 1.54) is 6.07 Å². The van der Waals surface area contributed by atoms with Gasteiger partial charge in [0.15, 0.2) is 6.23 Å². The summed E-state index contributed by atoms with van der Waals surface area (Å²) in [7, 11) is 0. The van der Waals surface area contributed by atoms with Crippen molar-refractivity contribution in [3.63, 3.8) is 0 Å². The van der Waals surface area contributed by atoms with Gasteiger partial charge in [0.2, 0.25) is 6.41 Å². The number of nitrogens with two attached hydrogens (primary N) is 1. The first-order valence-electron chi connectivity index (χ1n) is 5.75. The average Bonchev–Trinajstić information content (AvgIpc) is 2.25. The summed E-state index contributed by atoms with van der Waals surface area (Å²) < 4.78 is 5.65. The summed E-state index contributed by atoms with van der Waals surface area (Å²) in [5.74, 6) is -1.16. The molecule has 0 saturated carbocycles. The van der Waals surface area contributed by atoms with Crippen molar-refractivity contribution in [2.24, 2.45) is 0 Å². The van der Waals surface area contributed by atoms with Gasteiger partial charge in [0.25, 0.3) is 0 Å². The molecule has 0 aromatic heterocycles. The number of hydrogen-bond acceptors (Lipinski definition) is 4. The van der Waals surface area contributed by atoms with E-state index in [9.17, 15) is 14.7 Å². The number of benzene rings is 1. The summed E-state index contributed by atoms with van der Waals surface area (Å²) >= 11 is 0. The Morgan fingerprint density at radius 2 is 2.11 bits per heavy atom. The molecular weight excluding hydrogens is 248 g/mol. The molecule has 1 unspecified atom stereocenters. The molecule has 0 radical (unpaired) electrons. The van der Waals surface area contributed by atoms with Gasteiger partial charge in [-0.3, -0.25) is 4.79 Å². The van der Waals surface area contributed by atoms with E-state index in [2.05, 4.69) is 5.32 Å². The Hall–Kier alpha value is -2.08. The fourth-order valence-electron chi connectivity index (χ4n) is 1.66. The zero-order valence-electron chi connectivity index (χ0n) is 11.1. The zero-order valence-corrected chi connectivity index (χ0v) is 11.1. The van der Waals surface area contributed by atoms with Crippen LogP contribution >= 0.6 is 0 Å². The summed E-state index contributed by atoms with van der Waals surface area (Å²) in [6.07, 6.45) is -0.405. The SMILES string of the molecule is CC(C)(C)OC(NC=O)c1cccc(N)c1C(=O)O. The topological polar surface area (TPSA) is 102 Å². The summed E-state index contributed by atoms with van der Waals surface area (Å²) in [6.45, 7) is 5.41. The lowest BCUT2D eigenvalue weighted by Crippen LogP contribution is -2.32. The van der Waals surface area contributed by atoms with Crippen molar-refractivity contribution in [2.75, 3.05) is 5.73 Å². The Morgan fingerprint density at radius 1 is 1.47 bits per heavy atom. The molecule has 1 rings (SSSR count). The molecule has 6 heteroatoms. The van der Waals surface area contributed by atoms with E-state index in [1.54, 1.807) is 32.9 Å². The Morgan fingerprint density at radius 3 is 2.58 bits per heavy atom. The van der Waals surface area contributed by atoms with Gasteiger partial charge in [-0.25, -0.2) is 4.79 Å². The fraction of sp³-hybridized carbons (Fsp3) is 0.385. The largest absolute Gasteiger partial charge is 0.478 e. The number of nitrogens with one attached hydrogen (secondary N) is 1. The number of carboxylic acids is 1. The standard InChI is InChI=1S/C13H18N2O4/c1-13(2,3)19-11(15-7-16)8-5-4-6-9(14)10(8)12(17)18/h4-7,11H,14H2,1-3H3,(H,15,16)(H,17,18). The van der Waals surface area contributed by atoms with Crippen LogP contribution in [0.1, 0.15) is 42.9 Å². The highest BCUT2D eigenvalue weighted by Crippen LogP contribution is 2.27. The Bertz CT molecular complexity index is 480. The van der Waals surface area contributed by atoms with Crippen LogP contribution in [-0.4, -0.2) is 23.1 Å². The molecule has 0 saturated heterocycles. The van der Waals surface area contributed by atoms with Crippen molar-refractivity contribution in [2.45, 2.75) is 32.6 Å². The predicted molar refractivity (Wildman–Crippen MR) is 70.6 cm³/mol. The third kappa shape index (κ3) is 3.96. The minimum atomic E-state index is -1.16. The summed E-state index contributed by atoms with van der Waals surface area (Å²) in [6, 6.07) is 4.66. The number of hydrogen-bond donors (Lipinski definition) is 3. The second kappa shape index (κ2) is 5.71. The second-order valence-electron chi connectivity index (χ2n) is 5.01. The molecule has 0 aliphatic heterocycles. The number of nitrogen functional groups attached to an aromatic ring is 1. The molecule has 4 N–H and O–H groups in total. The molecule has 0 spiro atoms. The minimum absolute atomic E-state index is 0.0638. The summed E-state index contributed by atoms with van der Waals surface area (Å²) in [5.41, 5.74) is 5.49. The molecule has 0 fully saturated rings. The van der Waals surface area contributed by atoms with Crippen LogP contribution in [0.2, 0.25) is 0 Å². The normalized spacial score (nSPS) is 12.8. The molecule has 0 aliphatic carbocycles. The lowest BCUT2D eigenvalue weighted by molar-refractivity contribution is -0.120. The third-order valence-corrected chi connectivity index (χ3v) is 2.32. The predicted octanol–water partition coefficient (Wildman–Crippen LogP) is 1.53. The van der Waals surface area contributed by atoms with Crippen molar-refractivity contribution in [1.82, 2.24) is 5.32 Å². The maximum Gasteiger partial charge on any atom is 0.338 e. The number of anilines is 1. The van der Waals surface area contributed by atoms with Gasteiger partial charge in [-0.15, -0.1) is 0 Å². The molecule has 104 valence electrons. The van der Waals surface area contributed by atoms with Crippen LogP contribution in [0.15, 0.2) is 18.2 Å². The number of ether oxygens (including phenoxy) is 1. The Kier molecular flexibility index (Phi) is 4.50. The van der Waals surface area contributed by atoms with E-state index < -0.39 is 17.8 Å². The highest BCUT2D eigenvalue weighted by atomic mass is 16.5. The van der Waals surface area contributed by atoms with Gasteiger partial charge in [-0.1, -0.05) is 12.1 Å². The van der Waals surface area contributed by atoms with Gasteiger partial charge in [-0.05, 0) is 26.8 Å². The molecule has 0 aliphatic rings. The molecule has 1 atom stereocenters. The van der Waals surface area contributed by atoms with Gasteiger partial charge in [0.1, 0.15) is 0 Å². The van der Waals surface area contributed by atoms with Crippen LogP contribution in [0.25, 0.3) is 0 Å². The molecular formula is C13H18N2O4. The Balaban J connectivity index is 3.26. The highest BCUT2D eigenvalue weighted by molar-refractivity contribution is 5.95. The summed E-state index contributed by atoms with van der Waals surface area (Å²) in [5, 5.41) is 11.7. The van der Waals surface area contributed by atoms with Crippen LogP contribution in [0.5, 0.6) is 0 Å². The van der Waals surface area contributed by atoms with E-state index in [-0.39, 0.29) is 11.3 Å². The number of carbonyl (C=O) groups excluding carboxylic acids is 1. The van der Waals surface area contributed by atoms with Crippen molar-refractivity contribution in [3.05, 3.63) is 29.3 Å². The fourth-order valence-corrected chi connectivity index (χ4v) is 1.66. The van der Waals surface area contributed by atoms with E-state index in [4.69, 9.17) is 10.5 Å². The van der Waals surface area contributed by atoms with Crippen LogP contribution in [0.3, 0.4) is 0 Å². The number of aromatic carboxylic acids is 1. The third-order valence-electron chi connectivity index (χ3n) is 2.32. The van der Waals surface area contributed by atoms with E-state index in [0.29, 0.717) is 12.0 Å². The molecule has 0 heterocycles. The van der Waals surface area contributed by atoms with Gasteiger partial charge in [0, 0.05) is 11.3 Å². The van der Waals surface area contributed by atoms with Crippen molar-refractivity contribution < 1.29 is 19.4 Å².